The molecule has 1 amide bonds. The second-order valence-corrected chi connectivity index (χ2v) is 4.42. The molecule has 0 bridgehead atoms. The van der Waals surface area contributed by atoms with E-state index in [0.29, 0.717) is 12.1 Å². The quantitative estimate of drug-likeness (QED) is 0.877. The van der Waals surface area contributed by atoms with Crippen molar-refractivity contribution < 1.29 is 4.79 Å². The Morgan fingerprint density at radius 3 is 2.79 bits per heavy atom. The van der Waals surface area contributed by atoms with Crippen LogP contribution in [0, 0.1) is 6.92 Å². The summed E-state index contributed by atoms with van der Waals surface area (Å²) in [6.07, 6.45) is 3.69. The Morgan fingerprint density at radius 2 is 2.21 bits per heavy atom. The Labute approximate surface area is 112 Å². The molecular formula is C14H18N4O. The maximum Gasteiger partial charge on any atom is 0.251 e. The van der Waals surface area contributed by atoms with Crippen molar-refractivity contribution in [3.05, 3.63) is 47.5 Å². The lowest BCUT2D eigenvalue weighted by Crippen LogP contribution is -2.18. The Morgan fingerprint density at radius 1 is 1.42 bits per heavy atom. The average Bonchev–Trinajstić information content (AvgIpc) is 2.82. The van der Waals surface area contributed by atoms with Gasteiger partial charge >= 0.3 is 0 Å². The lowest BCUT2D eigenvalue weighted by Gasteiger charge is -2.10. The smallest absolute Gasteiger partial charge is 0.251 e. The summed E-state index contributed by atoms with van der Waals surface area (Å²) in [5.41, 5.74) is 2.72. The van der Waals surface area contributed by atoms with Crippen molar-refractivity contribution in [3.8, 4) is 0 Å². The monoisotopic (exact) mass is 258 g/mol. The van der Waals surface area contributed by atoms with Crippen LogP contribution in [0.4, 0.5) is 5.69 Å². The van der Waals surface area contributed by atoms with Gasteiger partial charge in [0, 0.05) is 37.7 Å². The molecule has 0 aliphatic rings. The number of hydrogen-bond acceptors (Lipinski definition) is 3. The first kappa shape index (κ1) is 13.1. The van der Waals surface area contributed by atoms with Crippen LogP contribution in [0.15, 0.2) is 30.6 Å². The van der Waals surface area contributed by atoms with Gasteiger partial charge < -0.3 is 15.2 Å². The van der Waals surface area contributed by atoms with Gasteiger partial charge in [0.2, 0.25) is 0 Å². The molecule has 0 aliphatic carbocycles. The first-order valence-corrected chi connectivity index (χ1v) is 6.14. The van der Waals surface area contributed by atoms with E-state index in [1.165, 1.54) is 0 Å². The lowest BCUT2D eigenvalue weighted by atomic mass is 10.1. The predicted octanol–water partition coefficient (Wildman–Crippen LogP) is 1.70. The van der Waals surface area contributed by atoms with Gasteiger partial charge in [0.05, 0.1) is 6.54 Å². The van der Waals surface area contributed by atoms with E-state index in [0.717, 1.165) is 17.1 Å². The highest BCUT2D eigenvalue weighted by molar-refractivity contribution is 5.94. The van der Waals surface area contributed by atoms with Crippen LogP contribution in [0.25, 0.3) is 0 Å². The number of nitrogens with one attached hydrogen (secondary N) is 2. The molecule has 2 aromatic rings. The number of anilines is 1. The third-order valence-corrected chi connectivity index (χ3v) is 3.07. The van der Waals surface area contributed by atoms with Crippen LogP contribution >= 0.6 is 0 Å². The SMILES string of the molecule is CNC(=O)c1ccc(NCc2nccn2C)c(C)c1. The fraction of sp³-hybridized carbons (Fsp3) is 0.286. The largest absolute Gasteiger partial charge is 0.378 e. The van der Waals surface area contributed by atoms with Crippen molar-refractivity contribution in [2.24, 2.45) is 7.05 Å². The molecule has 2 rings (SSSR count). The van der Waals surface area contributed by atoms with Gasteiger partial charge in [-0.3, -0.25) is 4.79 Å². The molecule has 0 saturated heterocycles. The van der Waals surface area contributed by atoms with Gasteiger partial charge in [0.1, 0.15) is 5.82 Å². The summed E-state index contributed by atoms with van der Waals surface area (Å²) in [7, 11) is 3.59. The molecule has 1 aromatic heterocycles. The van der Waals surface area contributed by atoms with Crippen LogP contribution in [0.3, 0.4) is 0 Å². The molecule has 2 N–H and O–H groups in total. The first-order chi connectivity index (χ1) is 9.11. The number of amides is 1. The van der Waals surface area contributed by atoms with Crippen LogP contribution in [-0.4, -0.2) is 22.5 Å². The molecule has 19 heavy (non-hydrogen) atoms. The Balaban J connectivity index is 2.09. The molecule has 1 heterocycles. The Bertz CT molecular complexity index is 589. The van der Waals surface area contributed by atoms with E-state index in [2.05, 4.69) is 15.6 Å². The molecule has 0 unspecified atom stereocenters. The van der Waals surface area contributed by atoms with Crippen LogP contribution in [0.5, 0.6) is 0 Å². The lowest BCUT2D eigenvalue weighted by molar-refractivity contribution is 0.0963. The summed E-state index contributed by atoms with van der Waals surface area (Å²) in [5, 5.41) is 5.94. The van der Waals surface area contributed by atoms with E-state index < -0.39 is 0 Å². The average molecular weight is 258 g/mol. The van der Waals surface area contributed by atoms with Crippen LogP contribution in [0.2, 0.25) is 0 Å². The molecule has 5 heteroatoms. The molecule has 0 radical (unpaired) electrons. The number of hydrogen-bond donors (Lipinski definition) is 2. The zero-order valence-corrected chi connectivity index (χ0v) is 11.4. The van der Waals surface area contributed by atoms with Crippen molar-refractivity contribution in [3.63, 3.8) is 0 Å². The summed E-state index contributed by atoms with van der Waals surface area (Å²) >= 11 is 0. The van der Waals surface area contributed by atoms with E-state index in [9.17, 15) is 4.79 Å². The minimum Gasteiger partial charge on any atom is -0.378 e. The summed E-state index contributed by atoms with van der Waals surface area (Å²) in [6, 6.07) is 5.61. The number of carbonyl (C=O) groups is 1. The maximum absolute atomic E-state index is 11.5. The van der Waals surface area contributed by atoms with E-state index in [1.54, 1.807) is 13.2 Å². The molecule has 100 valence electrons. The molecule has 0 spiro atoms. The number of imidazole rings is 1. The van der Waals surface area contributed by atoms with E-state index in [-0.39, 0.29) is 5.91 Å². The molecule has 0 fully saturated rings. The topological polar surface area (TPSA) is 59.0 Å². The molecule has 0 atom stereocenters. The highest BCUT2D eigenvalue weighted by atomic mass is 16.1. The molecule has 0 aliphatic heterocycles. The standard InChI is InChI=1S/C14H18N4O/c1-10-8-11(14(19)15-2)4-5-12(10)17-9-13-16-6-7-18(13)3/h4-8,17H,9H2,1-3H3,(H,15,19). The molecular weight excluding hydrogens is 240 g/mol. The summed E-state index contributed by atoms with van der Waals surface area (Å²) < 4.78 is 1.97. The first-order valence-electron chi connectivity index (χ1n) is 6.14. The minimum absolute atomic E-state index is 0.0706. The van der Waals surface area contributed by atoms with Crippen molar-refractivity contribution in [1.82, 2.24) is 14.9 Å². The van der Waals surface area contributed by atoms with Gasteiger partial charge in [-0.05, 0) is 30.7 Å². The summed E-state index contributed by atoms with van der Waals surface area (Å²) in [5.74, 6) is 0.897. The van der Waals surface area contributed by atoms with Crippen LogP contribution in [-0.2, 0) is 13.6 Å². The zero-order chi connectivity index (χ0) is 13.8. The number of aromatic nitrogens is 2. The number of carbonyl (C=O) groups excluding carboxylic acids is 1. The van der Waals surface area contributed by atoms with E-state index >= 15 is 0 Å². The van der Waals surface area contributed by atoms with E-state index in [4.69, 9.17) is 0 Å². The second kappa shape index (κ2) is 5.56. The van der Waals surface area contributed by atoms with Gasteiger partial charge in [-0.2, -0.15) is 0 Å². The molecule has 5 nitrogen and oxygen atoms in total. The highest BCUT2D eigenvalue weighted by Crippen LogP contribution is 2.17. The Hall–Kier alpha value is -2.30. The normalized spacial score (nSPS) is 10.3. The number of benzene rings is 1. The third kappa shape index (κ3) is 2.93. The number of nitrogens with zero attached hydrogens (tertiary/aromatic N) is 2. The summed E-state index contributed by atoms with van der Waals surface area (Å²) in [4.78, 5) is 15.8. The summed E-state index contributed by atoms with van der Waals surface area (Å²) in [6.45, 7) is 2.64. The number of aryl methyl sites for hydroxylation is 2. The number of rotatable bonds is 4. The van der Waals surface area contributed by atoms with Gasteiger partial charge in [0.15, 0.2) is 0 Å². The van der Waals surface area contributed by atoms with Crippen LogP contribution < -0.4 is 10.6 Å². The van der Waals surface area contributed by atoms with Gasteiger partial charge in [-0.15, -0.1) is 0 Å². The van der Waals surface area contributed by atoms with Gasteiger partial charge in [0.25, 0.3) is 5.91 Å². The Kier molecular flexibility index (Phi) is 3.85. The van der Waals surface area contributed by atoms with Crippen molar-refractivity contribution >= 4 is 11.6 Å². The fourth-order valence-electron chi connectivity index (χ4n) is 1.89. The zero-order valence-electron chi connectivity index (χ0n) is 11.4. The van der Waals surface area contributed by atoms with Crippen molar-refractivity contribution in [2.45, 2.75) is 13.5 Å². The predicted molar refractivity (Wildman–Crippen MR) is 75.1 cm³/mol. The maximum atomic E-state index is 11.5. The molecule has 0 saturated carbocycles. The van der Waals surface area contributed by atoms with E-state index in [1.807, 2.05) is 42.9 Å². The third-order valence-electron chi connectivity index (χ3n) is 3.07. The van der Waals surface area contributed by atoms with Crippen molar-refractivity contribution in [2.75, 3.05) is 12.4 Å². The van der Waals surface area contributed by atoms with Gasteiger partial charge in [-0.1, -0.05) is 0 Å². The van der Waals surface area contributed by atoms with Gasteiger partial charge in [-0.25, -0.2) is 4.98 Å². The highest BCUT2D eigenvalue weighted by Gasteiger charge is 2.06. The van der Waals surface area contributed by atoms with Crippen molar-refractivity contribution in [1.29, 1.82) is 0 Å². The second-order valence-electron chi connectivity index (χ2n) is 4.42. The fourth-order valence-corrected chi connectivity index (χ4v) is 1.89. The minimum atomic E-state index is -0.0706. The molecule has 1 aromatic carbocycles. The van der Waals surface area contributed by atoms with Crippen LogP contribution in [0.1, 0.15) is 21.7 Å².